The van der Waals surface area contributed by atoms with Gasteiger partial charge in [0.15, 0.2) is 0 Å². The zero-order chi connectivity index (χ0) is 18.8. The molecule has 0 bridgehead atoms. The number of hydrogen-bond acceptors (Lipinski definition) is 5. The molecule has 3 heterocycles. The molecule has 6 nitrogen and oxygen atoms in total. The maximum atomic E-state index is 12.1. The van der Waals surface area contributed by atoms with Crippen LogP contribution in [0.1, 0.15) is 40.7 Å². The number of aromatic nitrogens is 1. The molecule has 1 aromatic heterocycles. The van der Waals surface area contributed by atoms with E-state index in [-0.39, 0.29) is 6.10 Å². The van der Waals surface area contributed by atoms with Crippen LogP contribution in [-0.2, 0) is 0 Å². The molecular formula is C21H24N4O2. The minimum Gasteiger partial charge on any atom is -0.472 e. The molecular weight excluding hydrogens is 340 g/mol. The van der Waals surface area contributed by atoms with E-state index in [1.165, 1.54) is 0 Å². The van der Waals surface area contributed by atoms with E-state index in [0.29, 0.717) is 18.0 Å². The van der Waals surface area contributed by atoms with Gasteiger partial charge in [-0.15, -0.1) is 0 Å². The molecule has 0 radical (unpaired) electrons. The number of hydrogen-bond donors (Lipinski definition) is 1. The highest BCUT2D eigenvalue weighted by Gasteiger charge is 2.27. The third-order valence-electron chi connectivity index (χ3n) is 5.13. The van der Waals surface area contributed by atoms with Gasteiger partial charge in [-0.3, -0.25) is 9.79 Å². The summed E-state index contributed by atoms with van der Waals surface area (Å²) in [6.45, 7) is 4.38. The number of aliphatic imine (C=N–C) groups is 1. The second kappa shape index (κ2) is 7.39. The first-order chi connectivity index (χ1) is 13.1. The third kappa shape index (κ3) is 3.79. The van der Waals surface area contributed by atoms with Crippen LogP contribution >= 0.6 is 0 Å². The van der Waals surface area contributed by atoms with E-state index >= 15 is 0 Å². The van der Waals surface area contributed by atoms with Crippen LogP contribution in [0, 0.1) is 6.92 Å². The molecule has 6 heteroatoms. The summed E-state index contributed by atoms with van der Waals surface area (Å²) >= 11 is 0. The lowest BCUT2D eigenvalue weighted by atomic mass is 10.0. The van der Waals surface area contributed by atoms with Crippen LogP contribution in [0.3, 0.4) is 0 Å². The number of rotatable bonds is 5. The lowest BCUT2D eigenvalue weighted by Gasteiger charge is -2.22. The molecule has 140 valence electrons. The van der Waals surface area contributed by atoms with Gasteiger partial charge in [0, 0.05) is 43.2 Å². The highest BCUT2D eigenvalue weighted by Crippen LogP contribution is 2.28. The van der Waals surface area contributed by atoms with Gasteiger partial charge in [0.1, 0.15) is 6.10 Å². The molecule has 0 spiro atoms. The van der Waals surface area contributed by atoms with E-state index in [0.717, 1.165) is 54.9 Å². The molecule has 1 saturated heterocycles. The second-order valence-corrected chi connectivity index (χ2v) is 7.18. The summed E-state index contributed by atoms with van der Waals surface area (Å²) in [5, 5.41) is 0. The Balaban J connectivity index is 1.51. The Kier molecular flexibility index (Phi) is 4.79. The van der Waals surface area contributed by atoms with Crippen LogP contribution < -0.4 is 15.4 Å². The fourth-order valence-electron chi connectivity index (χ4n) is 3.70. The van der Waals surface area contributed by atoms with Gasteiger partial charge < -0.3 is 15.4 Å². The maximum Gasteiger partial charge on any atom is 0.250 e. The van der Waals surface area contributed by atoms with Crippen LogP contribution in [0.25, 0.3) is 0 Å². The summed E-state index contributed by atoms with van der Waals surface area (Å²) in [5.41, 5.74) is 10.3. The lowest BCUT2D eigenvalue weighted by Crippen LogP contribution is -2.27. The molecule has 1 fully saturated rings. The minimum absolute atomic E-state index is 0.0415. The van der Waals surface area contributed by atoms with Crippen molar-refractivity contribution >= 4 is 17.3 Å². The Hall–Kier alpha value is -2.89. The third-order valence-corrected chi connectivity index (χ3v) is 5.13. The van der Waals surface area contributed by atoms with Crippen LogP contribution in [0.15, 0.2) is 41.5 Å². The molecule has 2 N–H and O–H groups in total. The summed E-state index contributed by atoms with van der Waals surface area (Å²) in [7, 11) is 0. The second-order valence-electron chi connectivity index (χ2n) is 7.18. The fourth-order valence-corrected chi connectivity index (χ4v) is 3.70. The van der Waals surface area contributed by atoms with E-state index in [9.17, 15) is 4.79 Å². The standard InChI is InChI=1S/C21H24N4O2/c1-14-4-7-20(24-12-14)27-16-8-10-25(13-16)19-6-5-15(11-17(19)21(22)26)18-3-2-9-23-18/h4-7,11-12,16H,2-3,8-10,13H2,1H3,(H2,22,26)/t16-/m1/s1. The first-order valence-electron chi connectivity index (χ1n) is 9.42. The molecule has 1 atom stereocenters. The van der Waals surface area contributed by atoms with Crippen molar-refractivity contribution in [3.05, 3.63) is 53.2 Å². The Morgan fingerprint density at radius 1 is 1.30 bits per heavy atom. The van der Waals surface area contributed by atoms with Gasteiger partial charge in [0.25, 0.3) is 5.91 Å². The van der Waals surface area contributed by atoms with Gasteiger partial charge in [0.05, 0.1) is 12.1 Å². The lowest BCUT2D eigenvalue weighted by molar-refractivity contribution is 0.100. The summed E-state index contributed by atoms with van der Waals surface area (Å²) in [6.07, 6.45) is 4.75. The number of ether oxygens (including phenoxy) is 1. The molecule has 1 aromatic carbocycles. The molecule has 1 amide bonds. The van der Waals surface area contributed by atoms with Gasteiger partial charge in [-0.2, -0.15) is 0 Å². The smallest absolute Gasteiger partial charge is 0.250 e. The number of nitrogens with zero attached hydrogens (tertiary/aromatic N) is 3. The number of aryl methyl sites for hydroxylation is 1. The summed E-state index contributed by atoms with van der Waals surface area (Å²) in [4.78, 5) is 23.1. The number of primary amides is 1. The van der Waals surface area contributed by atoms with Gasteiger partial charge >= 0.3 is 0 Å². The van der Waals surface area contributed by atoms with Crippen molar-refractivity contribution in [2.45, 2.75) is 32.3 Å². The van der Waals surface area contributed by atoms with Crippen molar-refractivity contribution in [3.8, 4) is 5.88 Å². The number of carbonyl (C=O) groups excluding carboxylic acids is 1. The van der Waals surface area contributed by atoms with E-state index in [1.807, 2.05) is 37.3 Å². The van der Waals surface area contributed by atoms with Crippen molar-refractivity contribution in [1.82, 2.24) is 4.98 Å². The highest BCUT2D eigenvalue weighted by atomic mass is 16.5. The fraction of sp³-hybridized carbons (Fsp3) is 0.381. The monoisotopic (exact) mass is 364 g/mol. The number of anilines is 1. The summed E-state index contributed by atoms with van der Waals surface area (Å²) in [6, 6.07) is 9.80. The van der Waals surface area contributed by atoms with Gasteiger partial charge in [-0.1, -0.05) is 12.1 Å². The van der Waals surface area contributed by atoms with Crippen LogP contribution in [0.5, 0.6) is 5.88 Å². The number of pyridine rings is 1. The number of nitrogens with two attached hydrogens (primary N) is 1. The average molecular weight is 364 g/mol. The Morgan fingerprint density at radius 2 is 2.19 bits per heavy atom. The Morgan fingerprint density at radius 3 is 2.89 bits per heavy atom. The topological polar surface area (TPSA) is 80.8 Å². The molecule has 2 aromatic rings. The van der Waals surface area contributed by atoms with E-state index in [1.54, 1.807) is 6.20 Å². The number of amides is 1. The van der Waals surface area contributed by atoms with Crippen LogP contribution in [0.4, 0.5) is 5.69 Å². The molecule has 2 aliphatic heterocycles. The molecule has 2 aliphatic rings. The SMILES string of the molecule is Cc1ccc(O[C@@H]2CCN(c3ccc(C4=NCCC4)cc3C(N)=O)C2)nc1. The summed E-state index contributed by atoms with van der Waals surface area (Å²) in [5.74, 6) is 0.229. The van der Waals surface area contributed by atoms with E-state index in [4.69, 9.17) is 10.5 Å². The highest BCUT2D eigenvalue weighted by molar-refractivity contribution is 6.06. The van der Waals surface area contributed by atoms with Crippen molar-refractivity contribution < 1.29 is 9.53 Å². The zero-order valence-corrected chi connectivity index (χ0v) is 15.5. The van der Waals surface area contributed by atoms with Crippen molar-refractivity contribution in [3.63, 3.8) is 0 Å². The van der Waals surface area contributed by atoms with Crippen molar-refractivity contribution in [2.24, 2.45) is 10.7 Å². The zero-order valence-electron chi connectivity index (χ0n) is 15.5. The normalized spacial score (nSPS) is 19.2. The van der Waals surface area contributed by atoms with E-state index in [2.05, 4.69) is 14.9 Å². The van der Waals surface area contributed by atoms with Gasteiger partial charge in [-0.05, 0) is 43.0 Å². The van der Waals surface area contributed by atoms with Gasteiger partial charge in [0.2, 0.25) is 5.88 Å². The molecule has 0 aliphatic carbocycles. The summed E-state index contributed by atoms with van der Waals surface area (Å²) < 4.78 is 6.00. The number of carbonyl (C=O) groups is 1. The average Bonchev–Trinajstić information content (AvgIpc) is 3.35. The minimum atomic E-state index is -0.407. The van der Waals surface area contributed by atoms with E-state index < -0.39 is 5.91 Å². The Bertz CT molecular complexity index is 876. The predicted molar refractivity (Wildman–Crippen MR) is 106 cm³/mol. The molecule has 4 rings (SSSR count). The predicted octanol–water partition coefficient (Wildman–Crippen LogP) is 2.73. The largest absolute Gasteiger partial charge is 0.472 e. The number of benzene rings is 1. The first-order valence-corrected chi connectivity index (χ1v) is 9.42. The van der Waals surface area contributed by atoms with Gasteiger partial charge in [-0.25, -0.2) is 4.98 Å². The molecule has 0 unspecified atom stereocenters. The van der Waals surface area contributed by atoms with Crippen molar-refractivity contribution in [2.75, 3.05) is 24.5 Å². The molecule has 0 saturated carbocycles. The van der Waals surface area contributed by atoms with Crippen LogP contribution in [0.2, 0.25) is 0 Å². The first kappa shape index (κ1) is 17.5. The maximum absolute atomic E-state index is 12.1. The van der Waals surface area contributed by atoms with Crippen molar-refractivity contribution in [1.29, 1.82) is 0 Å². The molecule has 27 heavy (non-hydrogen) atoms. The Labute approximate surface area is 159 Å². The van der Waals surface area contributed by atoms with Crippen LogP contribution in [-0.4, -0.2) is 42.3 Å². The quantitative estimate of drug-likeness (QED) is 0.884.